The van der Waals surface area contributed by atoms with E-state index in [2.05, 4.69) is 10.8 Å². The minimum absolute atomic E-state index is 0.0139. The molecule has 0 atom stereocenters. The van der Waals surface area contributed by atoms with E-state index in [0.29, 0.717) is 19.7 Å². The summed E-state index contributed by atoms with van der Waals surface area (Å²) in [6.45, 7) is 0.922. The SMILES string of the molecule is CCOc1ccc2c(c1)CN(C(=O)Cc1ccc(OC(F)F)cc1)CC2. The molecule has 0 saturated heterocycles. The number of benzene rings is 2. The molecule has 1 aliphatic heterocycles. The second-order valence-corrected chi connectivity index (χ2v) is 6.13. The molecule has 0 unspecified atom stereocenters. The lowest BCUT2D eigenvalue weighted by Gasteiger charge is -2.29. The predicted octanol–water partition coefficient (Wildman–Crippen LogP) is 3.81. The molecule has 4 nitrogen and oxygen atoms in total. The van der Waals surface area contributed by atoms with E-state index < -0.39 is 6.61 Å². The average molecular weight is 361 g/mol. The number of ether oxygens (including phenoxy) is 2. The molecule has 26 heavy (non-hydrogen) atoms. The second-order valence-electron chi connectivity index (χ2n) is 6.13. The van der Waals surface area contributed by atoms with Crippen LogP contribution in [-0.2, 0) is 24.2 Å². The van der Waals surface area contributed by atoms with Gasteiger partial charge in [0.15, 0.2) is 0 Å². The van der Waals surface area contributed by atoms with Crippen LogP contribution in [0.4, 0.5) is 8.78 Å². The van der Waals surface area contributed by atoms with E-state index in [1.54, 1.807) is 12.1 Å². The topological polar surface area (TPSA) is 38.8 Å². The molecule has 2 aromatic rings. The van der Waals surface area contributed by atoms with Crippen molar-refractivity contribution in [2.75, 3.05) is 13.2 Å². The Bertz CT molecular complexity index is 762. The van der Waals surface area contributed by atoms with Gasteiger partial charge in [-0.2, -0.15) is 8.78 Å². The Hall–Kier alpha value is -2.63. The maximum atomic E-state index is 12.6. The van der Waals surface area contributed by atoms with Crippen molar-refractivity contribution in [2.24, 2.45) is 0 Å². The Labute approximate surface area is 151 Å². The van der Waals surface area contributed by atoms with Crippen molar-refractivity contribution in [3.05, 3.63) is 59.2 Å². The summed E-state index contributed by atoms with van der Waals surface area (Å²) in [6, 6.07) is 12.2. The van der Waals surface area contributed by atoms with Crippen LogP contribution in [0.2, 0.25) is 0 Å². The number of hydrogen-bond donors (Lipinski definition) is 0. The number of rotatable bonds is 6. The monoisotopic (exact) mass is 361 g/mol. The van der Waals surface area contributed by atoms with E-state index in [4.69, 9.17) is 4.74 Å². The third-order valence-corrected chi connectivity index (χ3v) is 4.36. The molecule has 1 amide bonds. The Morgan fingerprint density at radius 3 is 2.54 bits per heavy atom. The van der Waals surface area contributed by atoms with E-state index in [-0.39, 0.29) is 18.1 Å². The fourth-order valence-corrected chi connectivity index (χ4v) is 3.08. The predicted molar refractivity (Wildman–Crippen MR) is 93.5 cm³/mol. The zero-order valence-electron chi connectivity index (χ0n) is 14.6. The fourth-order valence-electron chi connectivity index (χ4n) is 3.08. The minimum atomic E-state index is -2.85. The van der Waals surface area contributed by atoms with Gasteiger partial charge in [-0.1, -0.05) is 18.2 Å². The molecule has 3 rings (SSSR count). The van der Waals surface area contributed by atoms with E-state index in [9.17, 15) is 13.6 Å². The summed E-state index contributed by atoms with van der Waals surface area (Å²) in [5.41, 5.74) is 3.12. The van der Waals surface area contributed by atoms with Crippen molar-refractivity contribution in [3.63, 3.8) is 0 Å². The lowest BCUT2D eigenvalue weighted by Crippen LogP contribution is -2.36. The van der Waals surface area contributed by atoms with Crippen LogP contribution >= 0.6 is 0 Å². The van der Waals surface area contributed by atoms with Crippen molar-refractivity contribution in [1.29, 1.82) is 0 Å². The van der Waals surface area contributed by atoms with E-state index >= 15 is 0 Å². The number of hydrogen-bond acceptors (Lipinski definition) is 3. The molecule has 0 fully saturated rings. The lowest BCUT2D eigenvalue weighted by atomic mass is 9.99. The van der Waals surface area contributed by atoms with Crippen LogP contribution in [0.5, 0.6) is 11.5 Å². The van der Waals surface area contributed by atoms with Gasteiger partial charge >= 0.3 is 6.61 Å². The van der Waals surface area contributed by atoms with Gasteiger partial charge in [0.25, 0.3) is 0 Å². The maximum Gasteiger partial charge on any atom is 0.387 e. The van der Waals surface area contributed by atoms with Crippen LogP contribution in [0.15, 0.2) is 42.5 Å². The number of carbonyl (C=O) groups is 1. The van der Waals surface area contributed by atoms with Crippen LogP contribution in [0.1, 0.15) is 23.6 Å². The average Bonchev–Trinajstić information content (AvgIpc) is 2.62. The second kappa shape index (κ2) is 8.17. The fraction of sp³-hybridized carbons (Fsp3) is 0.350. The van der Waals surface area contributed by atoms with E-state index in [1.165, 1.54) is 17.7 Å². The summed E-state index contributed by atoms with van der Waals surface area (Å²) in [6.07, 6.45) is 1.05. The highest BCUT2D eigenvalue weighted by atomic mass is 19.3. The van der Waals surface area contributed by atoms with Gasteiger partial charge in [-0.05, 0) is 54.3 Å². The van der Waals surface area contributed by atoms with Crippen molar-refractivity contribution in [2.45, 2.75) is 32.9 Å². The Morgan fingerprint density at radius 1 is 1.12 bits per heavy atom. The Balaban J connectivity index is 1.63. The number of fused-ring (bicyclic) bond motifs is 1. The summed E-state index contributed by atoms with van der Waals surface area (Å²) in [7, 11) is 0. The first-order valence-electron chi connectivity index (χ1n) is 8.61. The molecule has 0 saturated carbocycles. The van der Waals surface area contributed by atoms with Crippen molar-refractivity contribution in [3.8, 4) is 11.5 Å². The van der Waals surface area contributed by atoms with Gasteiger partial charge in [-0.15, -0.1) is 0 Å². The van der Waals surface area contributed by atoms with Gasteiger partial charge in [-0.3, -0.25) is 4.79 Å². The zero-order chi connectivity index (χ0) is 18.5. The molecule has 0 radical (unpaired) electrons. The van der Waals surface area contributed by atoms with E-state index in [1.807, 2.05) is 24.0 Å². The molecule has 0 N–H and O–H groups in total. The number of carbonyl (C=O) groups excluding carboxylic acids is 1. The molecule has 0 bridgehead atoms. The largest absolute Gasteiger partial charge is 0.494 e. The number of halogens is 2. The van der Waals surface area contributed by atoms with Gasteiger partial charge in [-0.25, -0.2) is 0 Å². The Kier molecular flexibility index (Phi) is 5.71. The third kappa shape index (κ3) is 4.50. The summed E-state index contributed by atoms with van der Waals surface area (Å²) < 4.78 is 34.2. The molecule has 1 heterocycles. The highest BCUT2D eigenvalue weighted by molar-refractivity contribution is 5.79. The smallest absolute Gasteiger partial charge is 0.387 e. The van der Waals surface area contributed by atoms with E-state index in [0.717, 1.165) is 23.3 Å². The van der Waals surface area contributed by atoms with Crippen LogP contribution in [0.25, 0.3) is 0 Å². The van der Waals surface area contributed by atoms with Gasteiger partial charge in [0, 0.05) is 13.1 Å². The minimum Gasteiger partial charge on any atom is -0.494 e. The molecular formula is C20H21F2NO3. The molecule has 6 heteroatoms. The Morgan fingerprint density at radius 2 is 1.85 bits per heavy atom. The molecule has 138 valence electrons. The zero-order valence-corrected chi connectivity index (χ0v) is 14.6. The van der Waals surface area contributed by atoms with Crippen LogP contribution < -0.4 is 9.47 Å². The molecular weight excluding hydrogens is 340 g/mol. The highest BCUT2D eigenvalue weighted by Crippen LogP contribution is 2.24. The summed E-state index contributed by atoms with van der Waals surface area (Å²) in [5, 5.41) is 0. The molecule has 2 aromatic carbocycles. The quantitative estimate of drug-likeness (QED) is 0.785. The molecule has 0 aromatic heterocycles. The standard InChI is InChI=1S/C20H21F2NO3/c1-2-25-18-8-5-15-9-10-23(13-16(15)12-18)19(24)11-14-3-6-17(7-4-14)26-20(21)22/h3-8,12,20H,2,9-11,13H2,1H3. The van der Waals surface area contributed by atoms with Gasteiger partial charge in [0.2, 0.25) is 5.91 Å². The summed E-state index contributed by atoms with van der Waals surface area (Å²) >= 11 is 0. The van der Waals surface area contributed by atoms with Crippen LogP contribution in [0, 0.1) is 0 Å². The highest BCUT2D eigenvalue weighted by Gasteiger charge is 2.21. The van der Waals surface area contributed by atoms with Gasteiger partial charge in [0.1, 0.15) is 11.5 Å². The normalized spacial score (nSPS) is 13.5. The number of nitrogens with zero attached hydrogens (tertiary/aromatic N) is 1. The number of alkyl halides is 2. The maximum absolute atomic E-state index is 12.6. The molecule has 0 aliphatic carbocycles. The molecule has 0 spiro atoms. The summed E-state index contributed by atoms with van der Waals surface area (Å²) in [4.78, 5) is 14.4. The van der Waals surface area contributed by atoms with Gasteiger partial charge < -0.3 is 14.4 Å². The van der Waals surface area contributed by atoms with Crippen molar-refractivity contribution >= 4 is 5.91 Å². The van der Waals surface area contributed by atoms with Crippen LogP contribution in [0.3, 0.4) is 0 Å². The van der Waals surface area contributed by atoms with Gasteiger partial charge in [0.05, 0.1) is 13.0 Å². The van der Waals surface area contributed by atoms with Crippen molar-refractivity contribution in [1.82, 2.24) is 4.90 Å². The summed E-state index contributed by atoms with van der Waals surface area (Å²) in [5.74, 6) is 0.918. The molecule has 1 aliphatic rings. The third-order valence-electron chi connectivity index (χ3n) is 4.36. The first kappa shape index (κ1) is 18.2. The first-order valence-corrected chi connectivity index (χ1v) is 8.61. The first-order chi connectivity index (χ1) is 12.5. The number of amides is 1. The lowest BCUT2D eigenvalue weighted by molar-refractivity contribution is -0.131. The van der Waals surface area contributed by atoms with Crippen molar-refractivity contribution < 1.29 is 23.0 Å². The van der Waals surface area contributed by atoms with Crippen LogP contribution in [-0.4, -0.2) is 30.6 Å².